The number of hydrogen-bond acceptors (Lipinski definition) is 4. The molecule has 6 heteroatoms. The maximum absolute atomic E-state index is 13.1. The molecule has 1 aromatic carbocycles. The van der Waals surface area contributed by atoms with Crippen LogP contribution in [0.2, 0.25) is 0 Å². The van der Waals surface area contributed by atoms with Gasteiger partial charge in [-0.25, -0.2) is 4.79 Å². The first-order chi connectivity index (χ1) is 13.5. The molecular weight excluding hydrogens is 354 g/mol. The first kappa shape index (κ1) is 18.0. The van der Waals surface area contributed by atoms with Crippen LogP contribution >= 0.6 is 0 Å². The molecule has 0 aliphatic rings. The number of esters is 1. The van der Waals surface area contributed by atoms with Crippen molar-refractivity contribution in [2.24, 2.45) is 0 Å². The van der Waals surface area contributed by atoms with Crippen LogP contribution in [0, 0.1) is 13.8 Å². The number of ether oxygens (including phenoxy) is 1. The molecule has 0 radical (unpaired) electrons. The molecule has 6 nitrogen and oxygen atoms in total. The number of hydrogen-bond donors (Lipinski definition) is 1. The fraction of sp³-hybridized carbons (Fsp3) is 0.227. The van der Waals surface area contributed by atoms with Gasteiger partial charge in [-0.3, -0.25) is 9.78 Å². The monoisotopic (exact) mass is 375 g/mol. The van der Waals surface area contributed by atoms with Crippen molar-refractivity contribution >= 4 is 27.6 Å². The summed E-state index contributed by atoms with van der Waals surface area (Å²) in [4.78, 5) is 33.0. The van der Waals surface area contributed by atoms with E-state index in [1.165, 1.54) is 7.11 Å². The van der Waals surface area contributed by atoms with Gasteiger partial charge in [-0.05, 0) is 37.4 Å². The molecule has 28 heavy (non-hydrogen) atoms. The van der Waals surface area contributed by atoms with E-state index in [0.717, 1.165) is 16.6 Å². The van der Waals surface area contributed by atoms with E-state index in [4.69, 9.17) is 4.74 Å². The Kier molecular flexibility index (Phi) is 4.47. The Morgan fingerprint density at radius 2 is 1.96 bits per heavy atom. The number of nitrogens with zero attached hydrogens (tertiary/aromatic N) is 2. The fourth-order valence-corrected chi connectivity index (χ4v) is 3.74. The molecule has 0 fully saturated rings. The molecule has 0 aliphatic carbocycles. The van der Waals surface area contributed by atoms with Gasteiger partial charge in [0.2, 0.25) is 0 Å². The van der Waals surface area contributed by atoms with Gasteiger partial charge in [0.1, 0.15) is 0 Å². The number of carbonyl (C=O) groups excluding carboxylic acids is 1. The Morgan fingerprint density at radius 1 is 1.18 bits per heavy atom. The molecule has 3 heterocycles. The quantitative estimate of drug-likeness (QED) is 0.554. The van der Waals surface area contributed by atoms with Crippen LogP contribution in [0.4, 0.5) is 0 Å². The normalized spacial score (nSPS) is 11.2. The average molecular weight is 375 g/mol. The lowest BCUT2D eigenvalue weighted by atomic mass is 10.0. The molecule has 3 aromatic heterocycles. The molecule has 0 saturated heterocycles. The van der Waals surface area contributed by atoms with Gasteiger partial charge in [0, 0.05) is 35.8 Å². The van der Waals surface area contributed by atoms with E-state index in [1.807, 2.05) is 18.2 Å². The van der Waals surface area contributed by atoms with E-state index in [2.05, 4.69) is 22.1 Å². The number of carbonyl (C=O) groups is 1. The summed E-state index contributed by atoms with van der Waals surface area (Å²) in [5.74, 6) is -0.481. The highest BCUT2D eigenvalue weighted by molar-refractivity contribution is 6.05. The number of para-hydroxylation sites is 1. The predicted octanol–water partition coefficient (Wildman–Crippen LogP) is 3.52. The number of aromatic amines is 1. The largest absolute Gasteiger partial charge is 0.465 e. The van der Waals surface area contributed by atoms with Crippen LogP contribution < -0.4 is 5.56 Å². The second-order valence-corrected chi connectivity index (χ2v) is 6.88. The highest BCUT2D eigenvalue weighted by Crippen LogP contribution is 2.22. The highest BCUT2D eigenvalue weighted by atomic mass is 16.5. The molecule has 4 rings (SSSR count). The molecule has 0 saturated carbocycles. The second kappa shape index (κ2) is 6.96. The summed E-state index contributed by atoms with van der Waals surface area (Å²) in [6.45, 7) is 4.07. The lowest BCUT2D eigenvalue weighted by Gasteiger charge is -2.12. The molecule has 0 aliphatic heterocycles. The van der Waals surface area contributed by atoms with Gasteiger partial charge in [-0.1, -0.05) is 18.2 Å². The lowest BCUT2D eigenvalue weighted by Crippen LogP contribution is -2.23. The molecule has 0 amide bonds. The van der Waals surface area contributed by atoms with Crippen LogP contribution in [0.1, 0.15) is 27.4 Å². The molecule has 0 bridgehead atoms. The van der Waals surface area contributed by atoms with E-state index in [0.29, 0.717) is 40.7 Å². The topological polar surface area (TPSA) is 77.0 Å². The Morgan fingerprint density at radius 3 is 2.71 bits per heavy atom. The highest BCUT2D eigenvalue weighted by Gasteiger charge is 2.19. The fourth-order valence-electron chi connectivity index (χ4n) is 3.74. The number of rotatable bonds is 4. The van der Waals surface area contributed by atoms with Gasteiger partial charge < -0.3 is 14.3 Å². The molecule has 1 N–H and O–H groups in total. The maximum Gasteiger partial charge on any atom is 0.340 e. The third kappa shape index (κ3) is 2.97. The molecule has 0 spiro atoms. The van der Waals surface area contributed by atoms with Crippen molar-refractivity contribution in [3.8, 4) is 0 Å². The number of nitrogens with one attached hydrogen (secondary N) is 1. The summed E-state index contributed by atoms with van der Waals surface area (Å²) in [7, 11) is 1.33. The van der Waals surface area contributed by atoms with Crippen LogP contribution in [0.5, 0.6) is 0 Å². The van der Waals surface area contributed by atoms with Crippen molar-refractivity contribution in [2.45, 2.75) is 26.8 Å². The predicted molar refractivity (Wildman–Crippen MR) is 109 cm³/mol. The van der Waals surface area contributed by atoms with Crippen LogP contribution in [-0.2, 0) is 17.7 Å². The van der Waals surface area contributed by atoms with Crippen molar-refractivity contribution in [3.63, 3.8) is 0 Å². The van der Waals surface area contributed by atoms with Gasteiger partial charge in [0.05, 0.1) is 29.4 Å². The molecular formula is C22H21N3O3. The summed E-state index contributed by atoms with van der Waals surface area (Å²) in [6.07, 6.45) is 2.43. The molecule has 142 valence electrons. The number of aryl methyl sites for hydroxylation is 4. The average Bonchev–Trinajstić information content (AvgIpc) is 3.09. The SMILES string of the molecule is COC(=O)c1c(C)nc(C)c2c(=O)n(CCc3cc4ccccc4[nH]3)ccc12. The molecule has 4 aromatic rings. The summed E-state index contributed by atoms with van der Waals surface area (Å²) in [5, 5.41) is 2.20. The number of methoxy groups -OCH3 is 1. The van der Waals surface area contributed by atoms with Gasteiger partial charge in [-0.15, -0.1) is 0 Å². The standard InChI is InChI=1S/C22H21N3O3/c1-13-19-17(20(14(2)23-13)22(27)28-3)9-11-25(21(19)26)10-8-16-12-15-6-4-5-7-18(15)24-16/h4-7,9,11-12,24H,8,10H2,1-3H3. The van der Waals surface area contributed by atoms with E-state index in [1.54, 1.807) is 30.7 Å². The lowest BCUT2D eigenvalue weighted by molar-refractivity contribution is 0.0601. The van der Waals surface area contributed by atoms with Crippen molar-refractivity contribution < 1.29 is 9.53 Å². The van der Waals surface area contributed by atoms with Crippen molar-refractivity contribution in [1.82, 2.24) is 14.5 Å². The van der Waals surface area contributed by atoms with Gasteiger partial charge >= 0.3 is 5.97 Å². The Bertz CT molecular complexity index is 1230. The van der Waals surface area contributed by atoms with Crippen molar-refractivity contribution in [2.75, 3.05) is 7.11 Å². The van der Waals surface area contributed by atoms with Crippen LogP contribution in [0.15, 0.2) is 47.4 Å². The Hall–Kier alpha value is -3.41. The zero-order chi connectivity index (χ0) is 19.8. The number of pyridine rings is 2. The van der Waals surface area contributed by atoms with Crippen molar-refractivity contribution in [1.29, 1.82) is 0 Å². The third-order valence-electron chi connectivity index (χ3n) is 5.09. The zero-order valence-electron chi connectivity index (χ0n) is 16.1. The summed E-state index contributed by atoms with van der Waals surface area (Å²) < 4.78 is 6.54. The van der Waals surface area contributed by atoms with Crippen molar-refractivity contribution in [3.05, 3.63) is 75.6 Å². The molecule has 0 atom stereocenters. The smallest absolute Gasteiger partial charge is 0.340 e. The number of H-pyrrole nitrogens is 1. The number of fused-ring (bicyclic) bond motifs is 2. The minimum Gasteiger partial charge on any atom is -0.465 e. The minimum absolute atomic E-state index is 0.149. The van der Waals surface area contributed by atoms with E-state index >= 15 is 0 Å². The first-order valence-corrected chi connectivity index (χ1v) is 9.15. The first-order valence-electron chi connectivity index (χ1n) is 9.15. The van der Waals surface area contributed by atoms with Crippen LogP contribution in [-0.4, -0.2) is 27.6 Å². The minimum atomic E-state index is -0.481. The summed E-state index contributed by atoms with van der Waals surface area (Å²) >= 11 is 0. The van der Waals surface area contributed by atoms with Crippen LogP contribution in [0.25, 0.3) is 21.7 Å². The van der Waals surface area contributed by atoms with E-state index in [-0.39, 0.29) is 5.56 Å². The van der Waals surface area contributed by atoms with Gasteiger partial charge in [-0.2, -0.15) is 0 Å². The van der Waals surface area contributed by atoms with Gasteiger partial charge in [0.15, 0.2) is 0 Å². The third-order valence-corrected chi connectivity index (χ3v) is 5.09. The van der Waals surface area contributed by atoms with Crippen LogP contribution in [0.3, 0.4) is 0 Å². The van der Waals surface area contributed by atoms with E-state index < -0.39 is 5.97 Å². The Balaban J connectivity index is 1.73. The molecule has 0 unspecified atom stereocenters. The number of aromatic nitrogens is 3. The Labute approximate surface area is 161 Å². The maximum atomic E-state index is 13.1. The zero-order valence-corrected chi connectivity index (χ0v) is 16.1. The van der Waals surface area contributed by atoms with Gasteiger partial charge in [0.25, 0.3) is 5.56 Å². The van der Waals surface area contributed by atoms with E-state index in [9.17, 15) is 9.59 Å². The number of benzene rings is 1. The summed E-state index contributed by atoms with van der Waals surface area (Å²) in [6, 6.07) is 12.0. The second-order valence-electron chi connectivity index (χ2n) is 6.88. The summed E-state index contributed by atoms with van der Waals surface area (Å²) in [5.41, 5.74) is 3.53.